The summed E-state index contributed by atoms with van der Waals surface area (Å²) >= 11 is 0. The third-order valence-corrected chi connectivity index (χ3v) is 3.91. The zero-order chi connectivity index (χ0) is 17.4. The second kappa shape index (κ2) is 5.80. The SMILES string of the molecule is [C-]#[N+]c1cnc2ccc(-c3cccnc3-c3ccc(F)c(F)c3)cn12. The highest BCUT2D eigenvalue weighted by molar-refractivity contribution is 5.81. The number of imidazole rings is 1. The molecule has 0 saturated heterocycles. The van der Waals surface area contributed by atoms with Gasteiger partial charge in [-0.05, 0) is 30.3 Å². The van der Waals surface area contributed by atoms with Crippen LogP contribution >= 0.6 is 0 Å². The summed E-state index contributed by atoms with van der Waals surface area (Å²) in [6.07, 6.45) is 4.89. The fraction of sp³-hybridized carbons (Fsp3) is 0. The van der Waals surface area contributed by atoms with E-state index in [0.717, 1.165) is 23.3 Å². The average molecular weight is 332 g/mol. The normalized spacial score (nSPS) is 10.8. The van der Waals surface area contributed by atoms with Crippen molar-refractivity contribution < 1.29 is 8.78 Å². The number of halogens is 2. The summed E-state index contributed by atoms with van der Waals surface area (Å²) in [5.41, 5.74) is 3.21. The molecule has 0 bridgehead atoms. The maximum atomic E-state index is 13.6. The summed E-state index contributed by atoms with van der Waals surface area (Å²) < 4.78 is 28.5. The molecule has 4 aromatic rings. The molecule has 0 N–H and O–H groups in total. The standard InChI is InChI=1S/C19H10F2N4/c1-22-18-10-24-17-7-5-13(11-25(17)18)14-3-2-8-23-19(14)12-4-6-15(20)16(21)9-12/h2-11H. The number of pyridine rings is 2. The minimum Gasteiger partial charge on any atom is -0.362 e. The van der Waals surface area contributed by atoms with Crippen LogP contribution in [0.1, 0.15) is 0 Å². The van der Waals surface area contributed by atoms with Gasteiger partial charge in [-0.15, -0.1) is 0 Å². The van der Waals surface area contributed by atoms with E-state index in [2.05, 4.69) is 14.8 Å². The molecule has 25 heavy (non-hydrogen) atoms. The molecule has 1 aromatic carbocycles. The van der Waals surface area contributed by atoms with Crippen molar-refractivity contribution in [2.45, 2.75) is 0 Å². The molecule has 0 unspecified atom stereocenters. The molecule has 0 atom stereocenters. The Kier molecular flexibility index (Phi) is 3.47. The molecular weight excluding hydrogens is 322 g/mol. The van der Waals surface area contributed by atoms with Gasteiger partial charge in [0.1, 0.15) is 0 Å². The van der Waals surface area contributed by atoms with Crippen LogP contribution in [0.5, 0.6) is 0 Å². The number of rotatable bonds is 2. The number of nitrogens with zero attached hydrogens (tertiary/aromatic N) is 4. The molecule has 3 heterocycles. The molecule has 3 aromatic heterocycles. The fourth-order valence-corrected chi connectivity index (χ4v) is 2.72. The number of aromatic nitrogens is 3. The molecule has 4 nitrogen and oxygen atoms in total. The molecule has 0 aliphatic carbocycles. The van der Waals surface area contributed by atoms with Crippen LogP contribution in [0, 0.1) is 18.2 Å². The molecule has 0 aliphatic rings. The van der Waals surface area contributed by atoms with Crippen LogP contribution in [0.15, 0.2) is 61.1 Å². The monoisotopic (exact) mass is 332 g/mol. The van der Waals surface area contributed by atoms with E-state index in [4.69, 9.17) is 6.57 Å². The minimum atomic E-state index is -0.922. The zero-order valence-electron chi connectivity index (χ0n) is 12.8. The summed E-state index contributed by atoms with van der Waals surface area (Å²) in [6.45, 7) is 7.21. The van der Waals surface area contributed by atoms with Crippen molar-refractivity contribution >= 4 is 11.5 Å². The Morgan fingerprint density at radius 3 is 2.60 bits per heavy atom. The van der Waals surface area contributed by atoms with Crippen LogP contribution in [0.3, 0.4) is 0 Å². The molecule has 0 amide bonds. The Hall–Kier alpha value is -3.59. The maximum absolute atomic E-state index is 13.6. The highest BCUT2D eigenvalue weighted by Crippen LogP contribution is 2.31. The van der Waals surface area contributed by atoms with Crippen molar-refractivity contribution in [3.8, 4) is 22.4 Å². The summed E-state index contributed by atoms with van der Waals surface area (Å²) in [5, 5.41) is 0. The zero-order valence-corrected chi connectivity index (χ0v) is 12.8. The molecule has 0 radical (unpaired) electrons. The third kappa shape index (κ3) is 2.52. The maximum Gasteiger partial charge on any atom is 0.254 e. The lowest BCUT2D eigenvalue weighted by Gasteiger charge is -2.09. The van der Waals surface area contributed by atoms with Crippen LogP contribution in [-0.2, 0) is 0 Å². The van der Waals surface area contributed by atoms with Crippen LogP contribution in [0.2, 0.25) is 0 Å². The van der Waals surface area contributed by atoms with Crippen LogP contribution in [0.25, 0.3) is 32.9 Å². The van der Waals surface area contributed by atoms with Gasteiger partial charge < -0.3 is 4.85 Å². The Balaban J connectivity index is 1.92. The molecule has 0 aliphatic heterocycles. The first-order valence-electron chi connectivity index (χ1n) is 7.43. The predicted octanol–water partition coefficient (Wildman–Crippen LogP) is 4.89. The van der Waals surface area contributed by atoms with E-state index >= 15 is 0 Å². The van der Waals surface area contributed by atoms with Gasteiger partial charge in [-0.3, -0.25) is 4.98 Å². The van der Waals surface area contributed by atoms with Gasteiger partial charge in [0.2, 0.25) is 5.65 Å². The summed E-state index contributed by atoms with van der Waals surface area (Å²) in [7, 11) is 0. The molecule has 6 heteroatoms. The lowest BCUT2D eigenvalue weighted by atomic mass is 10.0. The Bertz CT molecular complexity index is 1140. The number of fused-ring (bicyclic) bond motifs is 1. The van der Waals surface area contributed by atoms with E-state index < -0.39 is 11.6 Å². The molecule has 0 fully saturated rings. The molecule has 0 saturated carbocycles. The van der Waals surface area contributed by atoms with E-state index in [1.807, 2.05) is 12.1 Å². The average Bonchev–Trinajstić information content (AvgIpc) is 3.06. The van der Waals surface area contributed by atoms with E-state index in [0.29, 0.717) is 22.7 Å². The first-order valence-corrected chi connectivity index (χ1v) is 7.43. The molecule has 4 rings (SSSR count). The van der Waals surface area contributed by atoms with Crippen LogP contribution < -0.4 is 0 Å². The number of hydrogen-bond donors (Lipinski definition) is 0. The van der Waals surface area contributed by atoms with Gasteiger partial charge in [0.25, 0.3) is 5.82 Å². The quantitative estimate of drug-likeness (QED) is 0.490. The first kappa shape index (κ1) is 15.0. The molecule has 120 valence electrons. The van der Waals surface area contributed by atoms with E-state index in [1.165, 1.54) is 12.3 Å². The Morgan fingerprint density at radius 2 is 1.80 bits per heavy atom. The number of benzene rings is 1. The van der Waals surface area contributed by atoms with Crippen LogP contribution in [-0.4, -0.2) is 14.4 Å². The lowest BCUT2D eigenvalue weighted by molar-refractivity contribution is 0.509. The third-order valence-electron chi connectivity index (χ3n) is 3.91. The summed E-state index contributed by atoms with van der Waals surface area (Å²) in [6, 6.07) is 11.0. The number of hydrogen-bond acceptors (Lipinski definition) is 2. The van der Waals surface area contributed by atoms with Crippen molar-refractivity contribution in [1.82, 2.24) is 14.4 Å². The van der Waals surface area contributed by atoms with Gasteiger partial charge in [0.15, 0.2) is 11.6 Å². The van der Waals surface area contributed by atoms with Crippen molar-refractivity contribution in [2.75, 3.05) is 0 Å². The van der Waals surface area contributed by atoms with E-state index in [-0.39, 0.29) is 0 Å². The first-order chi connectivity index (χ1) is 12.2. The van der Waals surface area contributed by atoms with E-state index in [1.54, 1.807) is 28.9 Å². The second-order valence-electron chi connectivity index (χ2n) is 5.40. The van der Waals surface area contributed by atoms with Crippen molar-refractivity contribution in [3.05, 3.63) is 84.1 Å². The highest BCUT2D eigenvalue weighted by Gasteiger charge is 2.13. The van der Waals surface area contributed by atoms with Gasteiger partial charge >= 0.3 is 0 Å². The fourth-order valence-electron chi connectivity index (χ4n) is 2.72. The lowest BCUT2D eigenvalue weighted by Crippen LogP contribution is -1.93. The topological polar surface area (TPSA) is 34.5 Å². The van der Waals surface area contributed by atoms with Gasteiger partial charge in [0.05, 0.1) is 18.1 Å². The van der Waals surface area contributed by atoms with Crippen molar-refractivity contribution in [2.24, 2.45) is 0 Å². The van der Waals surface area contributed by atoms with Crippen molar-refractivity contribution in [3.63, 3.8) is 0 Å². The summed E-state index contributed by atoms with van der Waals surface area (Å²) in [5.74, 6) is -1.42. The van der Waals surface area contributed by atoms with Gasteiger partial charge in [-0.25, -0.2) is 18.2 Å². The second-order valence-corrected chi connectivity index (χ2v) is 5.40. The smallest absolute Gasteiger partial charge is 0.254 e. The molecule has 0 spiro atoms. The highest BCUT2D eigenvalue weighted by atomic mass is 19.2. The van der Waals surface area contributed by atoms with Gasteiger partial charge in [-0.2, -0.15) is 0 Å². The Morgan fingerprint density at radius 1 is 0.960 bits per heavy atom. The largest absolute Gasteiger partial charge is 0.362 e. The Labute approximate surface area is 141 Å². The van der Waals surface area contributed by atoms with E-state index in [9.17, 15) is 8.78 Å². The van der Waals surface area contributed by atoms with Crippen LogP contribution in [0.4, 0.5) is 14.6 Å². The summed E-state index contributed by atoms with van der Waals surface area (Å²) in [4.78, 5) is 11.9. The minimum absolute atomic E-state index is 0.398. The van der Waals surface area contributed by atoms with Crippen molar-refractivity contribution in [1.29, 1.82) is 0 Å². The van der Waals surface area contributed by atoms with Gasteiger partial charge in [-0.1, -0.05) is 12.6 Å². The predicted molar refractivity (Wildman–Crippen MR) is 90.0 cm³/mol. The van der Waals surface area contributed by atoms with Gasteiger partial charge in [0, 0.05) is 29.0 Å². The molecular formula is C19H10F2N4.